The van der Waals surface area contributed by atoms with Crippen molar-refractivity contribution in [2.75, 3.05) is 6.61 Å². The molecule has 2 aromatic heterocycles. The van der Waals surface area contributed by atoms with Crippen LogP contribution in [0.15, 0.2) is 46.2 Å². The fourth-order valence-corrected chi connectivity index (χ4v) is 2.52. The van der Waals surface area contributed by atoms with Crippen LogP contribution >= 0.6 is 0 Å². The summed E-state index contributed by atoms with van der Waals surface area (Å²) in [4.78, 5) is 28.9. The average molecular weight is 314 g/mol. The lowest BCUT2D eigenvalue weighted by atomic mass is 10.3. The average Bonchev–Trinajstić information content (AvgIpc) is 2.95. The lowest BCUT2D eigenvalue weighted by Crippen LogP contribution is -2.39. The van der Waals surface area contributed by atoms with E-state index < -0.39 is 0 Å². The van der Waals surface area contributed by atoms with Gasteiger partial charge in [-0.2, -0.15) is 0 Å². The quantitative estimate of drug-likeness (QED) is 0.656. The SMILES string of the molecule is Cn1cnc2c1c(=O)n(CCCOc1ccccc1)c(=O)n2C. The van der Waals surface area contributed by atoms with Crippen molar-refractivity contribution in [2.45, 2.75) is 13.0 Å². The van der Waals surface area contributed by atoms with E-state index in [0.717, 1.165) is 5.75 Å². The van der Waals surface area contributed by atoms with Gasteiger partial charge in [0.2, 0.25) is 0 Å². The van der Waals surface area contributed by atoms with E-state index in [1.807, 2.05) is 30.3 Å². The Kier molecular flexibility index (Phi) is 4.01. The highest BCUT2D eigenvalue weighted by Crippen LogP contribution is 2.08. The highest BCUT2D eigenvalue weighted by molar-refractivity contribution is 5.69. The molecule has 0 fully saturated rings. The molecule has 0 aliphatic rings. The second-order valence-electron chi connectivity index (χ2n) is 5.34. The standard InChI is InChI=1S/C16H18N4O3/c1-18-11-17-14-13(18)15(21)20(16(22)19(14)2)9-6-10-23-12-7-4-3-5-8-12/h3-5,7-8,11H,6,9-10H2,1-2H3. The van der Waals surface area contributed by atoms with Crippen LogP contribution in [0.1, 0.15) is 6.42 Å². The molecule has 3 rings (SSSR count). The van der Waals surface area contributed by atoms with Crippen LogP contribution < -0.4 is 16.0 Å². The van der Waals surface area contributed by atoms with E-state index in [-0.39, 0.29) is 11.2 Å². The second kappa shape index (κ2) is 6.12. The number of rotatable bonds is 5. The van der Waals surface area contributed by atoms with Crippen molar-refractivity contribution in [1.82, 2.24) is 18.7 Å². The molecule has 0 aliphatic heterocycles. The van der Waals surface area contributed by atoms with Crippen LogP contribution in [-0.2, 0) is 20.6 Å². The third kappa shape index (κ3) is 2.77. The number of aromatic nitrogens is 4. The van der Waals surface area contributed by atoms with Crippen LogP contribution in [0.5, 0.6) is 5.75 Å². The maximum absolute atomic E-state index is 12.5. The lowest BCUT2D eigenvalue weighted by Gasteiger charge is -2.09. The largest absolute Gasteiger partial charge is 0.494 e. The van der Waals surface area contributed by atoms with Crippen molar-refractivity contribution >= 4 is 11.2 Å². The summed E-state index contributed by atoms with van der Waals surface area (Å²) in [5.74, 6) is 0.773. The van der Waals surface area contributed by atoms with E-state index in [0.29, 0.717) is 30.7 Å². The van der Waals surface area contributed by atoms with Gasteiger partial charge in [-0.05, 0) is 18.6 Å². The summed E-state index contributed by atoms with van der Waals surface area (Å²) in [6, 6.07) is 9.44. The van der Waals surface area contributed by atoms with Gasteiger partial charge in [0.15, 0.2) is 11.2 Å². The Morgan fingerprint density at radius 1 is 1.13 bits per heavy atom. The number of imidazole rings is 1. The first-order valence-corrected chi connectivity index (χ1v) is 7.38. The number of hydrogen-bond donors (Lipinski definition) is 0. The van der Waals surface area contributed by atoms with Crippen molar-refractivity contribution in [3.8, 4) is 5.75 Å². The molecular weight excluding hydrogens is 296 g/mol. The monoisotopic (exact) mass is 314 g/mol. The smallest absolute Gasteiger partial charge is 0.332 e. The highest BCUT2D eigenvalue weighted by atomic mass is 16.5. The van der Waals surface area contributed by atoms with Crippen LogP contribution in [0.25, 0.3) is 11.2 Å². The zero-order valence-corrected chi connectivity index (χ0v) is 13.1. The lowest BCUT2D eigenvalue weighted by molar-refractivity contribution is 0.299. The van der Waals surface area contributed by atoms with Crippen molar-refractivity contribution in [1.29, 1.82) is 0 Å². The van der Waals surface area contributed by atoms with Gasteiger partial charge in [0.1, 0.15) is 5.75 Å². The molecule has 0 aliphatic carbocycles. The first-order valence-electron chi connectivity index (χ1n) is 7.38. The Labute approximate surface area is 132 Å². The Bertz CT molecular complexity index is 938. The third-order valence-electron chi connectivity index (χ3n) is 3.74. The van der Waals surface area contributed by atoms with Crippen LogP contribution in [-0.4, -0.2) is 25.3 Å². The molecule has 1 aromatic carbocycles. The zero-order valence-electron chi connectivity index (χ0n) is 13.1. The molecule has 0 unspecified atom stereocenters. The molecule has 3 aromatic rings. The second-order valence-corrected chi connectivity index (χ2v) is 5.34. The number of benzene rings is 1. The molecule has 7 heteroatoms. The molecule has 0 radical (unpaired) electrons. The van der Waals surface area contributed by atoms with Gasteiger partial charge >= 0.3 is 5.69 Å². The minimum atomic E-state index is -0.360. The van der Waals surface area contributed by atoms with Gasteiger partial charge < -0.3 is 9.30 Å². The van der Waals surface area contributed by atoms with E-state index in [4.69, 9.17) is 4.74 Å². The Hall–Kier alpha value is -2.83. The minimum absolute atomic E-state index is 0.305. The normalized spacial score (nSPS) is 11.0. The number of hydrogen-bond acceptors (Lipinski definition) is 4. The van der Waals surface area contributed by atoms with Gasteiger partial charge in [-0.15, -0.1) is 0 Å². The first-order chi connectivity index (χ1) is 11.1. The van der Waals surface area contributed by atoms with Gasteiger partial charge in [0, 0.05) is 20.6 Å². The molecule has 0 amide bonds. The van der Waals surface area contributed by atoms with Crippen molar-refractivity contribution in [3.05, 3.63) is 57.5 Å². The summed E-state index contributed by atoms with van der Waals surface area (Å²) in [6.07, 6.45) is 2.10. The molecule has 0 bridgehead atoms. The van der Waals surface area contributed by atoms with Gasteiger partial charge in [-0.25, -0.2) is 9.78 Å². The molecule has 120 valence electrons. The fraction of sp³-hybridized carbons (Fsp3) is 0.312. The van der Waals surface area contributed by atoms with Crippen molar-refractivity contribution in [3.63, 3.8) is 0 Å². The number of nitrogens with zero attached hydrogens (tertiary/aromatic N) is 4. The minimum Gasteiger partial charge on any atom is -0.494 e. The number of ether oxygens (including phenoxy) is 1. The van der Waals surface area contributed by atoms with Crippen LogP contribution in [0.2, 0.25) is 0 Å². The van der Waals surface area contributed by atoms with E-state index >= 15 is 0 Å². The summed E-state index contributed by atoms with van der Waals surface area (Å²) in [6.45, 7) is 0.739. The van der Waals surface area contributed by atoms with Crippen LogP contribution in [0.3, 0.4) is 0 Å². The predicted octanol–water partition coefficient (Wildman–Crippen LogP) is 0.903. The maximum atomic E-state index is 12.5. The van der Waals surface area contributed by atoms with Gasteiger partial charge in [0.25, 0.3) is 5.56 Å². The summed E-state index contributed by atoms with van der Waals surface area (Å²) in [7, 11) is 3.36. The Morgan fingerprint density at radius 2 is 1.87 bits per heavy atom. The molecule has 0 atom stereocenters. The zero-order chi connectivity index (χ0) is 16.4. The van der Waals surface area contributed by atoms with E-state index in [2.05, 4.69) is 4.98 Å². The Morgan fingerprint density at radius 3 is 2.61 bits per heavy atom. The Balaban J connectivity index is 1.79. The van der Waals surface area contributed by atoms with Gasteiger partial charge in [-0.3, -0.25) is 13.9 Å². The maximum Gasteiger partial charge on any atom is 0.332 e. The van der Waals surface area contributed by atoms with Crippen molar-refractivity contribution < 1.29 is 4.74 Å². The molecule has 23 heavy (non-hydrogen) atoms. The summed E-state index contributed by atoms with van der Waals surface area (Å²) in [5.41, 5.74) is 0.152. The molecule has 0 spiro atoms. The third-order valence-corrected chi connectivity index (χ3v) is 3.74. The fourth-order valence-electron chi connectivity index (χ4n) is 2.52. The number of aryl methyl sites for hydroxylation is 2. The first kappa shape index (κ1) is 15.1. The topological polar surface area (TPSA) is 71.1 Å². The highest BCUT2D eigenvalue weighted by Gasteiger charge is 2.14. The number of fused-ring (bicyclic) bond motifs is 1. The summed E-state index contributed by atoms with van der Waals surface area (Å²) >= 11 is 0. The molecule has 0 saturated carbocycles. The molecule has 0 saturated heterocycles. The van der Waals surface area contributed by atoms with E-state index in [1.165, 1.54) is 15.5 Å². The van der Waals surface area contributed by atoms with Gasteiger partial charge in [0.05, 0.1) is 12.9 Å². The van der Waals surface area contributed by atoms with E-state index in [9.17, 15) is 9.59 Å². The van der Waals surface area contributed by atoms with Crippen LogP contribution in [0.4, 0.5) is 0 Å². The summed E-state index contributed by atoms with van der Waals surface area (Å²) in [5, 5.41) is 0. The van der Waals surface area contributed by atoms with E-state index in [1.54, 1.807) is 18.7 Å². The molecule has 0 N–H and O–H groups in total. The molecule has 2 heterocycles. The molecular formula is C16H18N4O3. The predicted molar refractivity (Wildman–Crippen MR) is 86.8 cm³/mol. The van der Waals surface area contributed by atoms with Crippen LogP contribution in [0, 0.1) is 0 Å². The molecule has 7 nitrogen and oxygen atoms in total. The summed E-state index contributed by atoms with van der Waals surface area (Å²) < 4.78 is 9.86. The van der Waals surface area contributed by atoms with Gasteiger partial charge in [-0.1, -0.05) is 18.2 Å². The number of para-hydroxylation sites is 1. The van der Waals surface area contributed by atoms with Crippen molar-refractivity contribution in [2.24, 2.45) is 14.1 Å².